The minimum Gasteiger partial charge on any atom is -0.392 e. The topological polar surface area (TPSA) is 52.5 Å². The molecule has 0 aromatic carbocycles. The van der Waals surface area contributed by atoms with Gasteiger partial charge in [0.05, 0.1) is 12.2 Å². The summed E-state index contributed by atoms with van der Waals surface area (Å²) in [5, 5.41) is 22.8. The van der Waals surface area contributed by atoms with Crippen LogP contribution in [0.3, 0.4) is 0 Å². The summed E-state index contributed by atoms with van der Waals surface area (Å²) in [5.74, 6) is 0.385. The lowest BCUT2D eigenvalue weighted by molar-refractivity contribution is 0.0863. The Morgan fingerprint density at radius 2 is 1.93 bits per heavy atom. The predicted molar refractivity (Wildman–Crippen MR) is 61.7 cm³/mol. The highest BCUT2D eigenvalue weighted by Crippen LogP contribution is 2.19. The Bertz CT molecular complexity index is 171. The summed E-state index contributed by atoms with van der Waals surface area (Å²) in [6, 6.07) is 0.203. The summed E-state index contributed by atoms with van der Waals surface area (Å²) in [6.45, 7) is 4.84. The lowest BCUT2D eigenvalue weighted by atomic mass is 9.96. The summed E-state index contributed by atoms with van der Waals surface area (Å²) in [5.41, 5.74) is 0. The zero-order valence-corrected chi connectivity index (χ0v) is 9.95. The maximum atomic E-state index is 9.91. The quantitative estimate of drug-likeness (QED) is 0.626. The second-order valence-corrected chi connectivity index (χ2v) is 4.66. The van der Waals surface area contributed by atoms with E-state index in [9.17, 15) is 10.2 Å². The largest absolute Gasteiger partial charge is 0.392 e. The molecule has 0 aromatic rings. The molecule has 3 heteroatoms. The van der Waals surface area contributed by atoms with Crippen molar-refractivity contribution in [3.8, 4) is 0 Å². The molecule has 3 N–H and O–H groups in total. The molecule has 1 aliphatic carbocycles. The number of nitrogens with one attached hydrogen (secondary N) is 1. The van der Waals surface area contributed by atoms with Gasteiger partial charge in [0.15, 0.2) is 0 Å². The molecule has 0 aliphatic heterocycles. The Kier molecular flexibility index (Phi) is 5.58. The molecule has 0 bridgehead atoms. The third kappa shape index (κ3) is 3.74. The summed E-state index contributed by atoms with van der Waals surface area (Å²) in [7, 11) is 0. The van der Waals surface area contributed by atoms with Crippen LogP contribution < -0.4 is 5.32 Å². The highest BCUT2D eigenvalue weighted by atomic mass is 16.3. The Balaban J connectivity index is 2.23. The maximum Gasteiger partial charge on any atom is 0.0693 e. The van der Waals surface area contributed by atoms with Crippen molar-refractivity contribution < 1.29 is 10.2 Å². The lowest BCUT2D eigenvalue weighted by Gasteiger charge is -2.23. The zero-order valence-electron chi connectivity index (χ0n) is 9.95. The first-order chi connectivity index (χ1) is 7.19. The van der Waals surface area contributed by atoms with Crippen molar-refractivity contribution in [3.05, 3.63) is 0 Å². The number of hydrogen-bond donors (Lipinski definition) is 3. The fourth-order valence-electron chi connectivity index (χ4n) is 2.45. The molecular weight excluding hydrogens is 190 g/mol. The molecule has 15 heavy (non-hydrogen) atoms. The SMILES string of the molecule is CCC(CC)C(O)CNC1CCCC1O. The van der Waals surface area contributed by atoms with Crippen LogP contribution in [0.4, 0.5) is 0 Å². The van der Waals surface area contributed by atoms with Crippen LogP contribution in [0.5, 0.6) is 0 Å². The highest BCUT2D eigenvalue weighted by molar-refractivity contribution is 4.83. The van der Waals surface area contributed by atoms with Crippen molar-refractivity contribution in [1.29, 1.82) is 0 Å². The van der Waals surface area contributed by atoms with E-state index in [0.29, 0.717) is 12.5 Å². The molecule has 1 fully saturated rings. The minimum absolute atomic E-state index is 0.203. The number of hydrogen-bond acceptors (Lipinski definition) is 3. The van der Waals surface area contributed by atoms with Crippen molar-refractivity contribution in [2.75, 3.05) is 6.54 Å². The van der Waals surface area contributed by atoms with E-state index in [0.717, 1.165) is 32.1 Å². The molecule has 3 atom stereocenters. The van der Waals surface area contributed by atoms with Crippen LogP contribution in [-0.4, -0.2) is 35.0 Å². The van der Waals surface area contributed by atoms with Crippen LogP contribution in [0.15, 0.2) is 0 Å². The normalized spacial score (nSPS) is 28.6. The molecule has 3 nitrogen and oxygen atoms in total. The van der Waals surface area contributed by atoms with Gasteiger partial charge in [-0.2, -0.15) is 0 Å². The standard InChI is InChI=1S/C12H25NO2/c1-3-9(4-2)12(15)8-13-10-6-5-7-11(10)14/h9-15H,3-8H2,1-2H3. The van der Waals surface area contributed by atoms with Gasteiger partial charge in [-0.25, -0.2) is 0 Å². The maximum absolute atomic E-state index is 9.91. The average Bonchev–Trinajstić information content (AvgIpc) is 2.63. The Labute approximate surface area is 92.9 Å². The van der Waals surface area contributed by atoms with Gasteiger partial charge in [-0.3, -0.25) is 0 Å². The third-order valence-corrected chi connectivity index (χ3v) is 3.66. The molecule has 0 spiro atoms. The van der Waals surface area contributed by atoms with Crippen molar-refractivity contribution in [1.82, 2.24) is 5.32 Å². The van der Waals surface area contributed by atoms with E-state index in [4.69, 9.17) is 0 Å². The van der Waals surface area contributed by atoms with Gasteiger partial charge >= 0.3 is 0 Å². The molecule has 0 radical (unpaired) electrons. The molecule has 0 amide bonds. The van der Waals surface area contributed by atoms with Crippen molar-refractivity contribution in [2.24, 2.45) is 5.92 Å². The van der Waals surface area contributed by atoms with E-state index in [1.165, 1.54) is 0 Å². The van der Waals surface area contributed by atoms with Gasteiger partial charge < -0.3 is 15.5 Å². The minimum atomic E-state index is -0.271. The molecule has 0 saturated heterocycles. The Morgan fingerprint density at radius 3 is 2.40 bits per heavy atom. The second kappa shape index (κ2) is 6.46. The molecule has 0 heterocycles. The van der Waals surface area contributed by atoms with Crippen LogP contribution in [-0.2, 0) is 0 Å². The van der Waals surface area contributed by atoms with Crippen LogP contribution in [0.1, 0.15) is 46.0 Å². The zero-order chi connectivity index (χ0) is 11.3. The van der Waals surface area contributed by atoms with E-state index < -0.39 is 0 Å². The number of aliphatic hydroxyl groups is 2. The van der Waals surface area contributed by atoms with E-state index in [1.807, 2.05) is 0 Å². The lowest BCUT2D eigenvalue weighted by Crippen LogP contribution is -2.42. The number of aliphatic hydroxyl groups excluding tert-OH is 2. The van der Waals surface area contributed by atoms with Crippen LogP contribution in [0.25, 0.3) is 0 Å². The molecule has 0 aromatic heterocycles. The molecule has 3 unspecified atom stereocenters. The third-order valence-electron chi connectivity index (χ3n) is 3.66. The molecule has 1 aliphatic rings. The molecule has 1 saturated carbocycles. The van der Waals surface area contributed by atoms with Gasteiger partial charge in [0, 0.05) is 12.6 Å². The molecule has 1 rings (SSSR count). The Hall–Kier alpha value is -0.120. The van der Waals surface area contributed by atoms with E-state index >= 15 is 0 Å². The average molecular weight is 215 g/mol. The first kappa shape index (κ1) is 12.9. The molecule has 90 valence electrons. The summed E-state index contributed by atoms with van der Waals surface area (Å²) < 4.78 is 0. The van der Waals surface area contributed by atoms with Gasteiger partial charge in [-0.15, -0.1) is 0 Å². The monoisotopic (exact) mass is 215 g/mol. The van der Waals surface area contributed by atoms with Gasteiger partial charge in [-0.05, 0) is 25.2 Å². The fraction of sp³-hybridized carbons (Fsp3) is 1.00. The van der Waals surface area contributed by atoms with Gasteiger partial charge in [0.25, 0.3) is 0 Å². The van der Waals surface area contributed by atoms with E-state index in [2.05, 4.69) is 19.2 Å². The van der Waals surface area contributed by atoms with E-state index in [1.54, 1.807) is 0 Å². The summed E-state index contributed by atoms with van der Waals surface area (Å²) >= 11 is 0. The van der Waals surface area contributed by atoms with Crippen molar-refractivity contribution >= 4 is 0 Å². The van der Waals surface area contributed by atoms with Crippen molar-refractivity contribution in [3.63, 3.8) is 0 Å². The first-order valence-corrected chi connectivity index (χ1v) is 6.28. The Morgan fingerprint density at radius 1 is 1.27 bits per heavy atom. The van der Waals surface area contributed by atoms with Gasteiger partial charge in [0.1, 0.15) is 0 Å². The second-order valence-electron chi connectivity index (χ2n) is 4.66. The summed E-state index contributed by atoms with van der Waals surface area (Å²) in [6.07, 6.45) is 4.60. The first-order valence-electron chi connectivity index (χ1n) is 6.28. The number of rotatable bonds is 6. The van der Waals surface area contributed by atoms with Crippen LogP contribution in [0, 0.1) is 5.92 Å². The highest BCUT2D eigenvalue weighted by Gasteiger charge is 2.26. The fourth-order valence-corrected chi connectivity index (χ4v) is 2.45. The van der Waals surface area contributed by atoms with Gasteiger partial charge in [-0.1, -0.05) is 26.7 Å². The van der Waals surface area contributed by atoms with Crippen LogP contribution in [0.2, 0.25) is 0 Å². The van der Waals surface area contributed by atoms with Gasteiger partial charge in [0.2, 0.25) is 0 Å². The van der Waals surface area contributed by atoms with E-state index in [-0.39, 0.29) is 18.2 Å². The van der Waals surface area contributed by atoms with Crippen LogP contribution >= 0.6 is 0 Å². The molecular formula is C12H25NO2. The predicted octanol–water partition coefficient (Wildman–Crippen LogP) is 1.29. The van der Waals surface area contributed by atoms with Crippen molar-refractivity contribution in [2.45, 2.75) is 64.2 Å². The summed E-state index contributed by atoms with van der Waals surface area (Å²) in [4.78, 5) is 0. The smallest absolute Gasteiger partial charge is 0.0693 e.